The molecule has 0 aliphatic heterocycles. The fraction of sp³-hybridized carbons (Fsp3) is 0.615. The molecule has 0 saturated carbocycles. The van der Waals surface area contributed by atoms with Gasteiger partial charge < -0.3 is 10.2 Å². The fourth-order valence-corrected chi connectivity index (χ4v) is 1.94. The van der Waals surface area contributed by atoms with Gasteiger partial charge in [0.05, 0.1) is 5.02 Å². The molecule has 0 aliphatic carbocycles. The van der Waals surface area contributed by atoms with Crippen LogP contribution in [-0.4, -0.2) is 25.6 Å². The van der Waals surface area contributed by atoms with Crippen LogP contribution in [0.25, 0.3) is 0 Å². The van der Waals surface area contributed by atoms with Crippen molar-refractivity contribution in [3.05, 3.63) is 22.8 Å². The van der Waals surface area contributed by atoms with E-state index in [0.717, 1.165) is 35.9 Å². The van der Waals surface area contributed by atoms with E-state index in [0.29, 0.717) is 5.92 Å². The van der Waals surface area contributed by atoms with Crippen LogP contribution < -0.4 is 10.2 Å². The number of hydrogen-bond donors (Lipinski definition) is 1. The molecule has 96 valence electrons. The highest BCUT2D eigenvalue weighted by molar-refractivity contribution is 6.33. The molecule has 0 radical (unpaired) electrons. The Morgan fingerprint density at radius 3 is 2.71 bits per heavy atom. The molecule has 0 saturated heterocycles. The molecule has 1 aromatic heterocycles. The number of nitrogens with one attached hydrogen (secondary N) is 1. The molecule has 0 amide bonds. The van der Waals surface area contributed by atoms with Gasteiger partial charge in [0.15, 0.2) is 0 Å². The van der Waals surface area contributed by atoms with Crippen LogP contribution in [0.5, 0.6) is 0 Å². The van der Waals surface area contributed by atoms with Crippen molar-refractivity contribution in [2.45, 2.75) is 26.8 Å². The van der Waals surface area contributed by atoms with E-state index >= 15 is 0 Å². The average Bonchev–Trinajstić information content (AvgIpc) is 2.26. The van der Waals surface area contributed by atoms with Crippen molar-refractivity contribution in [2.75, 3.05) is 25.5 Å². The highest BCUT2D eigenvalue weighted by Crippen LogP contribution is 2.23. The molecule has 1 aromatic rings. The minimum absolute atomic E-state index is 0.694. The van der Waals surface area contributed by atoms with E-state index in [1.165, 1.54) is 0 Å². The largest absolute Gasteiger partial charge is 0.358 e. The number of rotatable bonds is 6. The smallest absolute Gasteiger partial charge is 0.147 e. The van der Waals surface area contributed by atoms with Gasteiger partial charge in [0.1, 0.15) is 5.82 Å². The molecule has 1 heterocycles. The van der Waals surface area contributed by atoms with Gasteiger partial charge >= 0.3 is 0 Å². The standard InChI is InChI=1S/C13H22ClN3/c1-10(2)5-6-17(4)13-12(14)7-11(8-15-3)9-16-13/h7,9-10,15H,5-6,8H2,1-4H3. The first-order valence-corrected chi connectivity index (χ1v) is 6.42. The van der Waals surface area contributed by atoms with Crippen molar-refractivity contribution >= 4 is 17.4 Å². The normalized spacial score (nSPS) is 10.9. The van der Waals surface area contributed by atoms with Crippen LogP contribution in [0.1, 0.15) is 25.8 Å². The molecule has 0 spiro atoms. The van der Waals surface area contributed by atoms with E-state index in [1.807, 2.05) is 26.4 Å². The van der Waals surface area contributed by atoms with Crippen LogP contribution >= 0.6 is 11.6 Å². The number of aromatic nitrogens is 1. The first-order chi connectivity index (χ1) is 8.04. The van der Waals surface area contributed by atoms with E-state index in [2.05, 4.69) is 29.0 Å². The summed E-state index contributed by atoms with van der Waals surface area (Å²) < 4.78 is 0. The number of anilines is 1. The van der Waals surface area contributed by atoms with E-state index in [9.17, 15) is 0 Å². The minimum Gasteiger partial charge on any atom is -0.358 e. The maximum atomic E-state index is 6.24. The van der Waals surface area contributed by atoms with Crippen LogP contribution in [0.15, 0.2) is 12.3 Å². The number of halogens is 1. The Morgan fingerprint density at radius 2 is 2.18 bits per heavy atom. The summed E-state index contributed by atoms with van der Waals surface area (Å²) in [7, 11) is 3.95. The van der Waals surface area contributed by atoms with E-state index in [-0.39, 0.29) is 0 Å². The maximum absolute atomic E-state index is 6.24. The second kappa shape index (κ2) is 6.82. The lowest BCUT2D eigenvalue weighted by atomic mass is 10.1. The Morgan fingerprint density at radius 1 is 1.47 bits per heavy atom. The van der Waals surface area contributed by atoms with Crippen LogP contribution in [0.3, 0.4) is 0 Å². The Hall–Kier alpha value is -0.800. The molecule has 4 heteroatoms. The molecule has 0 fully saturated rings. The zero-order valence-electron chi connectivity index (χ0n) is 11.1. The minimum atomic E-state index is 0.694. The molecule has 1 N–H and O–H groups in total. The summed E-state index contributed by atoms with van der Waals surface area (Å²) in [6.45, 7) is 6.22. The molecule has 0 unspecified atom stereocenters. The maximum Gasteiger partial charge on any atom is 0.147 e. The fourth-order valence-electron chi connectivity index (χ4n) is 1.61. The zero-order chi connectivity index (χ0) is 12.8. The molecule has 3 nitrogen and oxygen atoms in total. The number of hydrogen-bond acceptors (Lipinski definition) is 3. The van der Waals surface area contributed by atoms with Gasteiger partial charge in [0, 0.05) is 26.3 Å². The predicted molar refractivity (Wildman–Crippen MR) is 74.7 cm³/mol. The second-order valence-corrected chi connectivity index (χ2v) is 5.19. The Kier molecular flexibility index (Phi) is 5.72. The van der Waals surface area contributed by atoms with Crippen LogP contribution in [-0.2, 0) is 6.54 Å². The SMILES string of the molecule is CNCc1cnc(N(C)CCC(C)C)c(Cl)c1. The van der Waals surface area contributed by atoms with Gasteiger partial charge in [-0.1, -0.05) is 25.4 Å². The molecule has 17 heavy (non-hydrogen) atoms. The second-order valence-electron chi connectivity index (χ2n) is 4.78. The topological polar surface area (TPSA) is 28.2 Å². The van der Waals surface area contributed by atoms with Crippen molar-refractivity contribution in [1.82, 2.24) is 10.3 Å². The summed E-state index contributed by atoms with van der Waals surface area (Å²) in [6, 6.07) is 1.98. The number of nitrogens with zero attached hydrogens (tertiary/aromatic N) is 2. The van der Waals surface area contributed by atoms with Crippen molar-refractivity contribution in [2.24, 2.45) is 5.92 Å². The molecular formula is C13H22ClN3. The van der Waals surface area contributed by atoms with Crippen molar-refractivity contribution in [3.8, 4) is 0 Å². The molecule has 0 bridgehead atoms. The lowest BCUT2D eigenvalue weighted by Gasteiger charge is -2.20. The van der Waals surface area contributed by atoms with E-state index < -0.39 is 0 Å². The summed E-state index contributed by atoms with van der Waals surface area (Å²) in [5, 5.41) is 3.81. The van der Waals surface area contributed by atoms with Crippen molar-refractivity contribution in [1.29, 1.82) is 0 Å². The van der Waals surface area contributed by atoms with Gasteiger partial charge in [0.25, 0.3) is 0 Å². The van der Waals surface area contributed by atoms with Gasteiger partial charge in [0.2, 0.25) is 0 Å². The Labute approximate surface area is 109 Å². The van der Waals surface area contributed by atoms with Crippen molar-refractivity contribution in [3.63, 3.8) is 0 Å². The monoisotopic (exact) mass is 255 g/mol. The molecule has 1 rings (SSSR count). The predicted octanol–water partition coefficient (Wildman–Crippen LogP) is 2.94. The number of pyridine rings is 1. The average molecular weight is 256 g/mol. The summed E-state index contributed by atoms with van der Waals surface area (Å²) in [5.41, 5.74) is 1.11. The third-order valence-electron chi connectivity index (χ3n) is 2.66. The first-order valence-electron chi connectivity index (χ1n) is 6.04. The van der Waals surface area contributed by atoms with Gasteiger partial charge in [-0.25, -0.2) is 4.98 Å². The van der Waals surface area contributed by atoms with Gasteiger partial charge in [-0.05, 0) is 31.0 Å². The lowest BCUT2D eigenvalue weighted by molar-refractivity contribution is 0.583. The Bertz CT molecular complexity index is 353. The van der Waals surface area contributed by atoms with Crippen LogP contribution in [0.4, 0.5) is 5.82 Å². The van der Waals surface area contributed by atoms with Crippen molar-refractivity contribution < 1.29 is 0 Å². The van der Waals surface area contributed by atoms with Crippen LogP contribution in [0.2, 0.25) is 5.02 Å². The molecule has 0 aliphatic rings. The third-order valence-corrected chi connectivity index (χ3v) is 2.94. The summed E-state index contributed by atoms with van der Waals surface area (Å²) in [4.78, 5) is 6.55. The van der Waals surface area contributed by atoms with Gasteiger partial charge in [-0.2, -0.15) is 0 Å². The first kappa shape index (κ1) is 14.3. The van der Waals surface area contributed by atoms with Gasteiger partial charge in [-0.3, -0.25) is 0 Å². The third kappa shape index (κ3) is 4.52. The molecule has 0 atom stereocenters. The van der Waals surface area contributed by atoms with E-state index in [1.54, 1.807) is 0 Å². The zero-order valence-corrected chi connectivity index (χ0v) is 11.9. The summed E-state index contributed by atoms with van der Waals surface area (Å²) in [5.74, 6) is 1.56. The lowest BCUT2D eigenvalue weighted by Crippen LogP contribution is -2.21. The quantitative estimate of drug-likeness (QED) is 0.847. The molecular weight excluding hydrogens is 234 g/mol. The molecule has 0 aromatic carbocycles. The summed E-state index contributed by atoms with van der Waals surface area (Å²) in [6.07, 6.45) is 3.02. The highest BCUT2D eigenvalue weighted by Gasteiger charge is 2.09. The Balaban J connectivity index is 2.70. The van der Waals surface area contributed by atoms with E-state index in [4.69, 9.17) is 11.6 Å². The van der Waals surface area contributed by atoms with Crippen LogP contribution in [0, 0.1) is 5.92 Å². The highest BCUT2D eigenvalue weighted by atomic mass is 35.5. The van der Waals surface area contributed by atoms with Gasteiger partial charge in [-0.15, -0.1) is 0 Å². The summed E-state index contributed by atoms with van der Waals surface area (Å²) >= 11 is 6.24.